The van der Waals surface area contributed by atoms with Gasteiger partial charge in [-0.1, -0.05) is 13.8 Å². The van der Waals surface area contributed by atoms with Crippen LogP contribution in [0.25, 0.3) is 0 Å². The van der Waals surface area contributed by atoms with Gasteiger partial charge in [-0.2, -0.15) is 0 Å². The molecule has 3 N–H and O–H groups in total. The maximum atomic E-state index is 11.5. The molecular formula is C14H23N3O3. The molecule has 6 nitrogen and oxygen atoms in total. The highest BCUT2D eigenvalue weighted by Gasteiger charge is 2.07. The van der Waals surface area contributed by atoms with Crippen LogP contribution in [0.15, 0.2) is 22.8 Å². The van der Waals surface area contributed by atoms with E-state index in [1.165, 1.54) is 6.26 Å². The second-order valence-electron chi connectivity index (χ2n) is 4.95. The summed E-state index contributed by atoms with van der Waals surface area (Å²) in [5.41, 5.74) is 0. The van der Waals surface area contributed by atoms with Crippen LogP contribution in [0.4, 0.5) is 4.79 Å². The summed E-state index contributed by atoms with van der Waals surface area (Å²) in [5.74, 6) is 0.633. The normalized spacial score (nSPS) is 10.3. The fourth-order valence-electron chi connectivity index (χ4n) is 1.62. The van der Waals surface area contributed by atoms with Crippen LogP contribution >= 0.6 is 0 Å². The van der Waals surface area contributed by atoms with Gasteiger partial charge in [0.15, 0.2) is 5.76 Å². The molecule has 112 valence electrons. The highest BCUT2D eigenvalue weighted by Crippen LogP contribution is 2.01. The number of carbonyl (C=O) groups is 2. The van der Waals surface area contributed by atoms with E-state index in [1.807, 2.05) is 0 Å². The minimum atomic E-state index is -0.283. The largest absolute Gasteiger partial charge is 0.459 e. The molecule has 0 spiro atoms. The number of hydrogen-bond acceptors (Lipinski definition) is 3. The maximum absolute atomic E-state index is 11.5. The van der Waals surface area contributed by atoms with Crippen molar-refractivity contribution in [2.75, 3.05) is 19.6 Å². The van der Waals surface area contributed by atoms with Gasteiger partial charge in [-0.3, -0.25) is 4.79 Å². The minimum Gasteiger partial charge on any atom is -0.459 e. The maximum Gasteiger partial charge on any atom is 0.314 e. The molecule has 1 aromatic heterocycles. The van der Waals surface area contributed by atoms with Crippen LogP contribution in [0.5, 0.6) is 0 Å². The number of furan rings is 1. The molecule has 1 rings (SSSR count). The highest BCUT2D eigenvalue weighted by atomic mass is 16.3. The Kier molecular flexibility index (Phi) is 7.24. The van der Waals surface area contributed by atoms with Crippen molar-refractivity contribution < 1.29 is 14.0 Å². The fraction of sp³-hybridized carbons (Fsp3) is 0.571. The summed E-state index contributed by atoms with van der Waals surface area (Å²) in [6, 6.07) is 3.03. The van der Waals surface area contributed by atoms with Gasteiger partial charge in [-0.05, 0) is 30.9 Å². The molecule has 20 heavy (non-hydrogen) atoms. The molecule has 0 aliphatic carbocycles. The van der Waals surface area contributed by atoms with Crippen LogP contribution in [-0.2, 0) is 0 Å². The summed E-state index contributed by atoms with van der Waals surface area (Å²) in [6.07, 6.45) is 3.51. The Morgan fingerprint density at radius 1 is 1.15 bits per heavy atom. The van der Waals surface area contributed by atoms with Crippen molar-refractivity contribution in [1.29, 1.82) is 0 Å². The molecule has 6 heteroatoms. The zero-order valence-electron chi connectivity index (χ0n) is 12.1. The number of rotatable bonds is 8. The number of amides is 3. The third-order valence-corrected chi connectivity index (χ3v) is 2.68. The van der Waals surface area contributed by atoms with Crippen LogP contribution in [0.2, 0.25) is 0 Å². The second kappa shape index (κ2) is 9.01. The van der Waals surface area contributed by atoms with Gasteiger partial charge in [0.2, 0.25) is 0 Å². The summed E-state index contributed by atoms with van der Waals surface area (Å²) in [5, 5.41) is 8.10. The van der Waals surface area contributed by atoms with E-state index in [2.05, 4.69) is 29.8 Å². The first-order valence-electron chi connectivity index (χ1n) is 6.93. The summed E-state index contributed by atoms with van der Waals surface area (Å²) >= 11 is 0. The molecular weight excluding hydrogens is 258 g/mol. The SMILES string of the molecule is CC(C)CCCNC(=O)NCCNC(=O)c1ccco1. The molecule has 0 fully saturated rings. The van der Waals surface area contributed by atoms with Gasteiger partial charge in [0.1, 0.15) is 0 Å². The molecule has 0 aromatic carbocycles. The molecule has 1 heterocycles. The van der Waals surface area contributed by atoms with Crippen LogP contribution in [-0.4, -0.2) is 31.6 Å². The van der Waals surface area contributed by atoms with Gasteiger partial charge in [0.25, 0.3) is 5.91 Å². The van der Waals surface area contributed by atoms with E-state index in [1.54, 1.807) is 12.1 Å². The van der Waals surface area contributed by atoms with Crippen LogP contribution in [0.1, 0.15) is 37.2 Å². The van der Waals surface area contributed by atoms with Crippen molar-refractivity contribution in [2.45, 2.75) is 26.7 Å². The van der Waals surface area contributed by atoms with Crippen LogP contribution in [0.3, 0.4) is 0 Å². The lowest BCUT2D eigenvalue weighted by Gasteiger charge is -2.09. The second-order valence-corrected chi connectivity index (χ2v) is 4.95. The summed E-state index contributed by atoms with van der Waals surface area (Å²) < 4.78 is 4.95. The van der Waals surface area contributed by atoms with E-state index >= 15 is 0 Å². The fourth-order valence-corrected chi connectivity index (χ4v) is 1.62. The van der Waals surface area contributed by atoms with Crippen molar-refractivity contribution in [2.24, 2.45) is 5.92 Å². The Labute approximate surface area is 119 Å². The summed E-state index contributed by atoms with van der Waals surface area (Å²) in [7, 11) is 0. The van der Waals surface area contributed by atoms with E-state index in [4.69, 9.17) is 4.42 Å². The van der Waals surface area contributed by atoms with Crippen molar-refractivity contribution in [1.82, 2.24) is 16.0 Å². The number of carbonyl (C=O) groups excluding carboxylic acids is 2. The zero-order valence-corrected chi connectivity index (χ0v) is 12.1. The first-order valence-corrected chi connectivity index (χ1v) is 6.93. The molecule has 0 saturated heterocycles. The zero-order chi connectivity index (χ0) is 14.8. The lowest BCUT2D eigenvalue weighted by molar-refractivity contribution is 0.0926. The van der Waals surface area contributed by atoms with Gasteiger partial charge in [-0.15, -0.1) is 0 Å². The van der Waals surface area contributed by atoms with E-state index in [0.717, 1.165) is 12.8 Å². The Balaban J connectivity index is 2.00. The molecule has 0 bridgehead atoms. The Morgan fingerprint density at radius 3 is 2.50 bits per heavy atom. The van der Waals surface area contributed by atoms with E-state index in [-0.39, 0.29) is 17.7 Å². The number of nitrogens with one attached hydrogen (secondary N) is 3. The third-order valence-electron chi connectivity index (χ3n) is 2.68. The van der Waals surface area contributed by atoms with Crippen molar-refractivity contribution in [3.8, 4) is 0 Å². The van der Waals surface area contributed by atoms with E-state index < -0.39 is 0 Å². The standard InChI is InChI=1S/C14H23N3O3/c1-11(2)5-3-7-16-14(19)17-9-8-15-13(18)12-6-4-10-20-12/h4,6,10-11H,3,5,7-9H2,1-2H3,(H,15,18)(H2,16,17,19). The number of hydrogen-bond donors (Lipinski definition) is 3. The van der Waals surface area contributed by atoms with Crippen molar-refractivity contribution in [3.05, 3.63) is 24.2 Å². The molecule has 1 aromatic rings. The first kappa shape index (κ1) is 16.1. The first-order chi connectivity index (χ1) is 9.59. The summed E-state index contributed by atoms with van der Waals surface area (Å²) in [4.78, 5) is 22.9. The van der Waals surface area contributed by atoms with Gasteiger partial charge < -0.3 is 20.4 Å². The predicted molar refractivity (Wildman–Crippen MR) is 76.5 cm³/mol. The van der Waals surface area contributed by atoms with E-state index in [9.17, 15) is 9.59 Å². The molecule has 3 amide bonds. The minimum absolute atomic E-state index is 0.207. The molecule has 0 saturated carbocycles. The molecule has 0 atom stereocenters. The van der Waals surface area contributed by atoms with Gasteiger partial charge in [0.05, 0.1) is 6.26 Å². The Hall–Kier alpha value is -1.98. The lowest BCUT2D eigenvalue weighted by Crippen LogP contribution is -2.40. The predicted octanol–water partition coefficient (Wildman–Crippen LogP) is 1.74. The quantitative estimate of drug-likeness (QED) is 0.635. The van der Waals surface area contributed by atoms with Crippen LogP contribution < -0.4 is 16.0 Å². The van der Waals surface area contributed by atoms with Gasteiger partial charge in [-0.25, -0.2) is 4.79 Å². The van der Waals surface area contributed by atoms with Crippen LogP contribution in [0, 0.1) is 5.92 Å². The molecule has 0 radical (unpaired) electrons. The average molecular weight is 281 g/mol. The third kappa shape index (κ3) is 6.82. The van der Waals surface area contributed by atoms with Gasteiger partial charge in [0, 0.05) is 19.6 Å². The Bertz CT molecular complexity index is 402. The molecule has 0 unspecified atom stereocenters. The van der Waals surface area contributed by atoms with E-state index in [0.29, 0.717) is 25.6 Å². The average Bonchev–Trinajstić information content (AvgIpc) is 2.93. The smallest absolute Gasteiger partial charge is 0.314 e. The molecule has 0 aliphatic heterocycles. The van der Waals surface area contributed by atoms with Gasteiger partial charge >= 0.3 is 6.03 Å². The van der Waals surface area contributed by atoms with Crippen molar-refractivity contribution >= 4 is 11.9 Å². The topological polar surface area (TPSA) is 83.4 Å². The number of urea groups is 1. The highest BCUT2D eigenvalue weighted by molar-refractivity contribution is 5.91. The van der Waals surface area contributed by atoms with Crippen molar-refractivity contribution in [3.63, 3.8) is 0 Å². The monoisotopic (exact) mass is 281 g/mol. The Morgan fingerprint density at radius 2 is 1.85 bits per heavy atom. The molecule has 0 aliphatic rings. The summed E-state index contributed by atoms with van der Waals surface area (Å²) in [6.45, 7) is 5.72. The lowest BCUT2D eigenvalue weighted by atomic mass is 10.1.